The van der Waals surface area contributed by atoms with Crippen LogP contribution in [0.2, 0.25) is 0 Å². The van der Waals surface area contributed by atoms with Crippen molar-refractivity contribution in [3.63, 3.8) is 0 Å². The molecule has 0 radical (unpaired) electrons. The quantitative estimate of drug-likeness (QED) is 0.888. The topological polar surface area (TPSA) is 58.1 Å². The zero-order valence-electron chi connectivity index (χ0n) is 12.2. The van der Waals surface area contributed by atoms with E-state index in [4.69, 9.17) is 0 Å². The lowest BCUT2D eigenvalue weighted by atomic mass is 10.1. The molecule has 1 aliphatic rings. The second-order valence-corrected chi connectivity index (χ2v) is 6.09. The largest absolute Gasteiger partial charge is 0.350 e. The van der Waals surface area contributed by atoms with Crippen LogP contribution in [0.5, 0.6) is 0 Å². The minimum absolute atomic E-state index is 0.0139. The molecule has 1 saturated heterocycles. The molecule has 0 spiro atoms. The van der Waals surface area contributed by atoms with E-state index < -0.39 is 0 Å². The Morgan fingerprint density at radius 2 is 1.89 bits per heavy atom. The van der Waals surface area contributed by atoms with Crippen molar-refractivity contribution in [2.24, 2.45) is 0 Å². The van der Waals surface area contributed by atoms with Crippen LogP contribution >= 0.6 is 0 Å². The van der Waals surface area contributed by atoms with Gasteiger partial charge in [0.1, 0.15) is 5.69 Å². The maximum atomic E-state index is 12.3. The summed E-state index contributed by atoms with van der Waals surface area (Å²) >= 11 is 0. The summed E-state index contributed by atoms with van der Waals surface area (Å²) in [6.07, 6.45) is 2.17. The van der Waals surface area contributed by atoms with E-state index >= 15 is 0 Å². The van der Waals surface area contributed by atoms with Crippen LogP contribution in [0.1, 0.15) is 49.8 Å². The van der Waals surface area contributed by atoms with Crippen molar-refractivity contribution >= 4 is 11.9 Å². The van der Waals surface area contributed by atoms with Gasteiger partial charge in [-0.15, -0.1) is 0 Å². The number of anilines is 1. The Morgan fingerprint density at radius 1 is 1.26 bits per heavy atom. The highest BCUT2D eigenvalue weighted by Crippen LogP contribution is 2.15. The zero-order valence-corrected chi connectivity index (χ0v) is 12.2. The first-order chi connectivity index (χ1) is 8.85. The van der Waals surface area contributed by atoms with Gasteiger partial charge in [0.05, 0.1) is 0 Å². The van der Waals surface area contributed by atoms with Crippen molar-refractivity contribution in [1.29, 1.82) is 0 Å². The summed E-state index contributed by atoms with van der Waals surface area (Å²) < 4.78 is 0. The van der Waals surface area contributed by atoms with Gasteiger partial charge in [0.2, 0.25) is 5.95 Å². The third-order valence-electron chi connectivity index (χ3n) is 2.95. The Hall–Kier alpha value is -1.65. The molecule has 0 saturated carbocycles. The number of hydrogen-bond acceptors (Lipinski definition) is 4. The van der Waals surface area contributed by atoms with Crippen molar-refractivity contribution in [1.82, 2.24) is 14.9 Å². The van der Waals surface area contributed by atoms with Crippen LogP contribution in [0.3, 0.4) is 0 Å². The minimum atomic E-state index is -0.123. The average Bonchev–Trinajstić information content (AvgIpc) is 2.77. The number of rotatable bonds is 2. The number of carbonyl (C=O) groups excluding carboxylic acids is 1. The third kappa shape index (κ3) is 3.66. The molecule has 5 nitrogen and oxygen atoms in total. The smallest absolute Gasteiger partial charge is 0.272 e. The van der Waals surface area contributed by atoms with Crippen LogP contribution in [-0.4, -0.2) is 39.4 Å². The first kappa shape index (κ1) is 13.8. The molecule has 1 aromatic rings. The molecule has 0 unspecified atom stereocenters. The molecule has 1 aliphatic heterocycles. The molecule has 1 fully saturated rings. The van der Waals surface area contributed by atoms with Gasteiger partial charge in [-0.3, -0.25) is 4.79 Å². The monoisotopic (exact) mass is 262 g/mol. The van der Waals surface area contributed by atoms with Gasteiger partial charge in [0, 0.05) is 24.3 Å². The summed E-state index contributed by atoms with van der Waals surface area (Å²) in [6.45, 7) is 9.69. The Balaban J connectivity index is 2.23. The highest BCUT2D eigenvalue weighted by atomic mass is 16.2. The van der Waals surface area contributed by atoms with Gasteiger partial charge in [0.25, 0.3) is 5.91 Å². The van der Waals surface area contributed by atoms with Crippen molar-refractivity contribution in [3.05, 3.63) is 17.5 Å². The number of hydrogen-bond donors (Lipinski definition) is 1. The fourth-order valence-electron chi connectivity index (χ4n) is 2.15. The van der Waals surface area contributed by atoms with Gasteiger partial charge in [0.15, 0.2) is 0 Å². The second kappa shape index (κ2) is 5.15. The number of nitrogens with one attached hydrogen (secondary N) is 1. The van der Waals surface area contributed by atoms with Crippen molar-refractivity contribution in [2.45, 2.75) is 46.1 Å². The van der Waals surface area contributed by atoms with Crippen molar-refractivity contribution in [2.75, 3.05) is 18.4 Å². The Labute approximate surface area is 114 Å². The van der Waals surface area contributed by atoms with Crippen molar-refractivity contribution < 1.29 is 4.79 Å². The van der Waals surface area contributed by atoms with Crippen molar-refractivity contribution in [3.8, 4) is 0 Å². The molecule has 1 aromatic heterocycles. The molecule has 19 heavy (non-hydrogen) atoms. The SMILES string of the molecule is Cc1cc(C(=O)N2CCCC2)nc(NC(C)(C)C)n1. The summed E-state index contributed by atoms with van der Waals surface area (Å²) in [5, 5.41) is 3.21. The molecule has 0 aliphatic carbocycles. The van der Waals surface area contributed by atoms with Gasteiger partial charge in [-0.25, -0.2) is 9.97 Å². The number of likely N-dealkylation sites (tertiary alicyclic amines) is 1. The summed E-state index contributed by atoms with van der Waals surface area (Å²) in [7, 11) is 0. The van der Waals surface area contributed by atoms with Crippen LogP contribution < -0.4 is 5.32 Å². The molecule has 0 bridgehead atoms. The second-order valence-electron chi connectivity index (χ2n) is 6.09. The molecule has 1 N–H and O–H groups in total. The maximum Gasteiger partial charge on any atom is 0.272 e. The Morgan fingerprint density at radius 3 is 2.47 bits per heavy atom. The minimum Gasteiger partial charge on any atom is -0.350 e. The van der Waals surface area contributed by atoms with Crippen LogP contribution in [0, 0.1) is 6.92 Å². The first-order valence-electron chi connectivity index (χ1n) is 6.78. The number of aromatic nitrogens is 2. The Kier molecular flexibility index (Phi) is 3.73. The van der Waals surface area contributed by atoms with E-state index in [1.165, 1.54) is 0 Å². The lowest BCUT2D eigenvalue weighted by Crippen LogP contribution is -2.31. The van der Waals surface area contributed by atoms with Gasteiger partial charge >= 0.3 is 0 Å². The Bertz CT molecular complexity index is 473. The predicted octanol–water partition coefficient (Wildman–Crippen LogP) is 2.23. The van der Waals surface area contributed by atoms with Gasteiger partial charge in [-0.05, 0) is 46.6 Å². The summed E-state index contributed by atoms with van der Waals surface area (Å²) in [4.78, 5) is 22.9. The lowest BCUT2D eigenvalue weighted by molar-refractivity contribution is 0.0787. The lowest BCUT2D eigenvalue weighted by Gasteiger charge is -2.21. The summed E-state index contributed by atoms with van der Waals surface area (Å²) in [5.74, 6) is 0.537. The molecule has 2 heterocycles. The molecule has 2 rings (SSSR count). The molecular formula is C14H22N4O. The van der Waals surface area contributed by atoms with Crippen LogP contribution in [0.15, 0.2) is 6.07 Å². The van der Waals surface area contributed by atoms with E-state index in [2.05, 4.69) is 15.3 Å². The first-order valence-corrected chi connectivity index (χ1v) is 6.78. The highest BCUT2D eigenvalue weighted by Gasteiger charge is 2.22. The van der Waals surface area contributed by atoms with Gasteiger partial charge in [-0.1, -0.05) is 0 Å². The number of carbonyl (C=O) groups is 1. The normalized spacial score (nSPS) is 15.7. The third-order valence-corrected chi connectivity index (χ3v) is 2.95. The summed E-state index contributed by atoms with van der Waals surface area (Å²) in [5.41, 5.74) is 1.17. The molecular weight excluding hydrogens is 240 g/mol. The number of nitrogens with zero attached hydrogens (tertiary/aromatic N) is 3. The summed E-state index contributed by atoms with van der Waals surface area (Å²) in [6, 6.07) is 1.76. The van der Waals surface area contributed by atoms with E-state index in [0.29, 0.717) is 11.6 Å². The van der Waals surface area contributed by atoms with E-state index in [-0.39, 0.29) is 11.4 Å². The van der Waals surface area contributed by atoms with E-state index in [1.807, 2.05) is 32.6 Å². The van der Waals surface area contributed by atoms with Crippen LogP contribution in [0.25, 0.3) is 0 Å². The van der Waals surface area contributed by atoms with Gasteiger partial charge in [-0.2, -0.15) is 0 Å². The maximum absolute atomic E-state index is 12.3. The molecule has 0 aromatic carbocycles. The molecule has 0 atom stereocenters. The van der Waals surface area contributed by atoms with E-state index in [0.717, 1.165) is 31.6 Å². The van der Waals surface area contributed by atoms with E-state index in [1.54, 1.807) is 6.07 Å². The van der Waals surface area contributed by atoms with Crippen LogP contribution in [0.4, 0.5) is 5.95 Å². The zero-order chi connectivity index (χ0) is 14.0. The average molecular weight is 262 g/mol. The number of amides is 1. The van der Waals surface area contributed by atoms with E-state index in [9.17, 15) is 4.79 Å². The van der Waals surface area contributed by atoms with Gasteiger partial charge < -0.3 is 10.2 Å². The fraction of sp³-hybridized carbons (Fsp3) is 0.643. The predicted molar refractivity (Wildman–Crippen MR) is 75.3 cm³/mol. The highest BCUT2D eigenvalue weighted by molar-refractivity contribution is 5.92. The number of aryl methyl sites for hydroxylation is 1. The molecule has 1 amide bonds. The molecule has 5 heteroatoms. The standard InChI is InChI=1S/C14H22N4O/c1-10-9-11(12(19)18-7-5-6-8-18)16-13(15-10)17-14(2,3)4/h9H,5-8H2,1-4H3,(H,15,16,17). The fourth-order valence-corrected chi connectivity index (χ4v) is 2.15. The molecule has 104 valence electrons. The van der Waals surface area contributed by atoms with Crippen LogP contribution in [-0.2, 0) is 0 Å².